The molecule has 0 fully saturated rings. The van der Waals surface area contributed by atoms with Crippen molar-refractivity contribution in [2.45, 2.75) is 49.8 Å². The van der Waals surface area contributed by atoms with Crippen LogP contribution < -0.4 is 10.0 Å². The van der Waals surface area contributed by atoms with E-state index in [9.17, 15) is 13.2 Å². The molecule has 0 saturated heterocycles. The molecule has 28 heavy (non-hydrogen) atoms. The number of aryl methyl sites for hydroxylation is 3. The third kappa shape index (κ3) is 5.91. The Hall–Kier alpha value is -2.18. The molecule has 0 bridgehead atoms. The number of nitrogens with one attached hydrogen (secondary N) is 2. The topological polar surface area (TPSA) is 75.3 Å². The highest BCUT2D eigenvalue weighted by Gasteiger charge is 2.17. The fraction of sp³-hybridized carbons (Fsp3) is 0.409. The number of benzene rings is 2. The monoisotopic (exact) mass is 400 g/mol. The third-order valence-corrected chi connectivity index (χ3v) is 6.54. The maximum Gasteiger partial charge on any atom is 0.240 e. The summed E-state index contributed by atoms with van der Waals surface area (Å²) in [5.74, 6) is -0.138. The zero-order chi connectivity index (χ0) is 19.8. The summed E-state index contributed by atoms with van der Waals surface area (Å²) in [6, 6.07) is 15.5. The van der Waals surface area contributed by atoms with Gasteiger partial charge in [-0.3, -0.25) is 4.79 Å². The average molecular weight is 401 g/mol. The molecule has 2 N–H and O–H groups in total. The van der Waals surface area contributed by atoms with Gasteiger partial charge in [0.25, 0.3) is 0 Å². The second-order valence-electron chi connectivity index (χ2n) is 7.22. The molecule has 0 radical (unpaired) electrons. The molecular weight excluding hydrogens is 372 g/mol. The molecule has 0 aromatic heterocycles. The van der Waals surface area contributed by atoms with Crippen LogP contribution in [0.1, 0.15) is 42.4 Å². The van der Waals surface area contributed by atoms with Gasteiger partial charge in [0.15, 0.2) is 0 Å². The quantitative estimate of drug-likeness (QED) is 0.636. The van der Waals surface area contributed by atoms with E-state index in [0.29, 0.717) is 6.54 Å². The summed E-state index contributed by atoms with van der Waals surface area (Å²) in [5.41, 5.74) is 3.62. The van der Waals surface area contributed by atoms with E-state index in [1.54, 1.807) is 12.1 Å². The van der Waals surface area contributed by atoms with Crippen molar-refractivity contribution in [3.63, 3.8) is 0 Å². The largest absolute Gasteiger partial charge is 0.356 e. The average Bonchev–Trinajstić information content (AvgIpc) is 2.71. The van der Waals surface area contributed by atoms with Gasteiger partial charge in [-0.1, -0.05) is 36.4 Å². The number of hydrogen-bond acceptors (Lipinski definition) is 3. The lowest BCUT2D eigenvalue weighted by molar-refractivity contribution is -0.120. The van der Waals surface area contributed by atoms with E-state index >= 15 is 0 Å². The lowest BCUT2D eigenvalue weighted by atomic mass is 9.92. The SMILES string of the molecule is O=C(CCNS(=O)(=O)c1ccc2c(c1)CCCC2)NCCCc1ccccc1. The molecule has 1 aliphatic rings. The van der Waals surface area contributed by atoms with Crippen molar-refractivity contribution in [2.24, 2.45) is 0 Å². The minimum Gasteiger partial charge on any atom is -0.356 e. The van der Waals surface area contributed by atoms with Crippen LogP contribution in [0.2, 0.25) is 0 Å². The predicted octanol–water partition coefficient (Wildman–Crippen LogP) is 2.98. The Bertz CT molecular complexity index is 895. The highest BCUT2D eigenvalue weighted by Crippen LogP contribution is 2.23. The van der Waals surface area contributed by atoms with Gasteiger partial charge in [-0.05, 0) is 67.3 Å². The van der Waals surface area contributed by atoms with E-state index in [-0.39, 0.29) is 23.8 Å². The zero-order valence-corrected chi connectivity index (χ0v) is 16.9. The van der Waals surface area contributed by atoms with Gasteiger partial charge >= 0.3 is 0 Å². The van der Waals surface area contributed by atoms with E-state index in [4.69, 9.17) is 0 Å². The van der Waals surface area contributed by atoms with E-state index in [2.05, 4.69) is 22.2 Å². The van der Waals surface area contributed by atoms with Crippen LogP contribution in [0, 0.1) is 0 Å². The van der Waals surface area contributed by atoms with Gasteiger partial charge in [0.05, 0.1) is 4.90 Å². The molecule has 0 saturated carbocycles. The fourth-order valence-electron chi connectivity index (χ4n) is 3.51. The van der Waals surface area contributed by atoms with Gasteiger partial charge in [-0.25, -0.2) is 13.1 Å². The molecule has 5 nitrogen and oxygen atoms in total. The van der Waals surface area contributed by atoms with Gasteiger partial charge < -0.3 is 5.32 Å². The van der Waals surface area contributed by atoms with Gasteiger partial charge in [0.2, 0.25) is 15.9 Å². The molecule has 0 aliphatic heterocycles. The van der Waals surface area contributed by atoms with Gasteiger partial charge in [-0.2, -0.15) is 0 Å². The first kappa shape index (κ1) is 20.6. The lowest BCUT2D eigenvalue weighted by Crippen LogP contribution is -2.31. The number of fused-ring (bicyclic) bond motifs is 1. The summed E-state index contributed by atoms with van der Waals surface area (Å²) in [6.45, 7) is 0.690. The highest BCUT2D eigenvalue weighted by atomic mass is 32.2. The molecule has 1 aliphatic carbocycles. The van der Waals surface area contributed by atoms with Crippen LogP contribution in [0.25, 0.3) is 0 Å². The van der Waals surface area contributed by atoms with Gasteiger partial charge in [0, 0.05) is 19.5 Å². The number of hydrogen-bond donors (Lipinski definition) is 2. The molecule has 2 aromatic rings. The number of amides is 1. The Labute approximate surface area is 167 Å². The van der Waals surface area contributed by atoms with Crippen LogP contribution in [-0.4, -0.2) is 27.4 Å². The minimum atomic E-state index is -3.58. The zero-order valence-electron chi connectivity index (χ0n) is 16.1. The smallest absolute Gasteiger partial charge is 0.240 e. The maximum absolute atomic E-state index is 12.5. The molecule has 0 spiro atoms. The summed E-state index contributed by atoms with van der Waals surface area (Å²) in [6.07, 6.45) is 6.13. The Morgan fingerprint density at radius 3 is 2.46 bits per heavy atom. The van der Waals surface area contributed by atoms with Crippen molar-refractivity contribution in [1.29, 1.82) is 0 Å². The predicted molar refractivity (Wildman–Crippen MR) is 111 cm³/mol. The minimum absolute atomic E-state index is 0.101. The Morgan fingerprint density at radius 1 is 0.929 bits per heavy atom. The second-order valence-corrected chi connectivity index (χ2v) is 8.99. The molecule has 1 amide bonds. The summed E-state index contributed by atoms with van der Waals surface area (Å²) in [4.78, 5) is 12.2. The van der Waals surface area contributed by atoms with Crippen LogP contribution in [0.4, 0.5) is 0 Å². The molecule has 150 valence electrons. The van der Waals surface area contributed by atoms with Crippen molar-refractivity contribution in [3.05, 3.63) is 65.2 Å². The molecule has 0 heterocycles. The summed E-state index contributed by atoms with van der Waals surface area (Å²) < 4.78 is 27.5. The van der Waals surface area contributed by atoms with Gasteiger partial charge in [0.1, 0.15) is 0 Å². The van der Waals surface area contributed by atoms with Crippen LogP contribution in [-0.2, 0) is 34.1 Å². The van der Waals surface area contributed by atoms with Gasteiger partial charge in [-0.15, -0.1) is 0 Å². The summed E-state index contributed by atoms with van der Waals surface area (Å²) in [5, 5.41) is 2.85. The summed E-state index contributed by atoms with van der Waals surface area (Å²) in [7, 11) is -3.58. The van der Waals surface area contributed by atoms with E-state index in [1.807, 2.05) is 24.3 Å². The van der Waals surface area contributed by atoms with Crippen LogP contribution >= 0.6 is 0 Å². The summed E-state index contributed by atoms with van der Waals surface area (Å²) >= 11 is 0. The standard InChI is InChI=1S/C22H28N2O3S/c25-22(23-15-6-9-18-7-2-1-3-8-18)14-16-24-28(26,27)21-13-12-19-10-4-5-11-20(19)17-21/h1-3,7-8,12-13,17,24H,4-6,9-11,14-16H2,(H,23,25). The van der Waals surface area contributed by atoms with Crippen LogP contribution in [0.15, 0.2) is 53.4 Å². The van der Waals surface area contributed by atoms with Crippen molar-refractivity contribution >= 4 is 15.9 Å². The Kier molecular flexibility index (Phi) is 7.23. The van der Waals surface area contributed by atoms with Crippen molar-refractivity contribution in [3.8, 4) is 0 Å². The normalized spacial score (nSPS) is 13.7. The Morgan fingerprint density at radius 2 is 1.68 bits per heavy atom. The first-order chi connectivity index (χ1) is 13.5. The van der Waals surface area contributed by atoms with Crippen molar-refractivity contribution in [1.82, 2.24) is 10.0 Å². The second kappa shape index (κ2) is 9.85. The number of carbonyl (C=O) groups excluding carboxylic acids is 1. The van der Waals surface area contributed by atoms with Crippen molar-refractivity contribution in [2.75, 3.05) is 13.1 Å². The first-order valence-electron chi connectivity index (χ1n) is 9.97. The molecule has 0 unspecified atom stereocenters. The molecule has 3 rings (SSSR count). The fourth-order valence-corrected chi connectivity index (χ4v) is 4.59. The van der Waals surface area contributed by atoms with Crippen molar-refractivity contribution < 1.29 is 13.2 Å². The number of rotatable bonds is 9. The highest BCUT2D eigenvalue weighted by molar-refractivity contribution is 7.89. The lowest BCUT2D eigenvalue weighted by Gasteiger charge is -2.16. The van der Waals surface area contributed by atoms with E-state index in [0.717, 1.165) is 44.1 Å². The Balaban J connectivity index is 1.39. The number of sulfonamides is 1. The number of carbonyl (C=O) groups is 1. The molecular formula is C22H28N2O3S. The maximum atomic E-state index is 12.5. The van der Waals surface area contributed by atoms with Crippen LogP contribution in [0.5, 0.6) is 0 Å². The molecule has 2 aromatic carbocycles. The first-order valence-corrected chi connectivity index (χ1v) is 11.4. The van der Waals surface area contributed by atoms with E-state index in [1.165, 1.54) is 11.1 Å². The molecule has 0 atom stereocenters. The van der Waals surface area contributed by atoms with Crippen LogP contribution in [0.3, 0.4) is 0 Å². The molecule has 6 heteroatoms. The third-order valence-electron chi connectivity index (χ3n) is 5.08. The van der Waals surface area contributed by atoms with E-state index < -0.39 is 10.0 Å².